The maximum Gasteiger partial charge on any atom is 0.263 e. The molecule has 114 valence electrons. The molecule has 0 aliphatic carbocycles. The molecule has 0 fully saturated rings. The summed E-state index contributed by atoms with van der Waals surface area (Å²) in [6, 6.07) is 1.96. The summed E-state index contributed by atoms with van der Waals surface area (Å²) in [6.07, 6.45) is 0.160. The molecular formula is C15H21N3O2S. The number of pyridine rings is 1. The summed E-state index contributed by atoms with van der Waals surface area (Å²) in [5, 5.41) is 3.72. The Labute approximate surface area is 128 Å². The van der Waals surface area contributed by atoms with Gasteiger partial charge in [-0.1, -0.05) is 0 Å². The zero-order chi connectivity index (χ0) is 15.6. The summed E-state index contributed by atoms with van der Waals surface area (Å²) in [5.41, 5.74) is 8.43. The van der Waals surface area contributed by atoms with Crippen molar-refractivity contribution in [1.29, 1.82) is 0 Å². The molecule has 2 aromatic heterocycles. The second kappa shape index (κ2) is 6.41. The van der Waals surface area contributed by atoms with Gasteiger partial charge in [-0.2, -0.15) is 0 Å². The van der Waals surface area contributed by atoms with E-state index in [-0.39, 0.29) is 12.0 Å². The molecule has 5 nitrogen and oxygen atoms in total. The highest BCUT2D eigenvalue weighted by atomic mass is 32.1. The summed E-state index contributed by atoms with van der Waals surface area (Å²) < 4.78 is 6.40. The van der Waals surface area contributed by atoms with Crippen molar-refractivity contribution in [2.75, 3.05) is 18.9 Å². The Kier molecular flexibility index (Phi) is 4.80. The van der Waals surface area contributed by atoms with Crippen LogP contribution in [0.1, 0.15) is 34.9 Å². The first kappa shape index (κ1) is 15.7. The van der Waals surface area contributed by atoms with Crippen molar-refractivity contribution in [3.63, 3.8) is 0 Å². The van der Waals surface area contributed by atoms with Crippen LogP contribution in [0.2, 0.25) is 0 Å². The van der Waals surface area contributed by atoms with Gasteiger partial charge >= 0.3 is 0 Å². The second-order valence-corrected chi connectivity index (χ2v) is 6.29. The lowest BCUT2D eigenvalue weighted by molar-refractivity contribution is 0.0748. The van der Waals surface area contributed by atoms with Crippen LogP contribution in [-0.2, 0) is 4.74 Å². The van der Waals surface area contributed by atoms with Gasteiger partial charge in [-0.3, -0.25) is 9.78 Å². The molecular weight excluding hydrogens is 286 g/mol. The number of rotatable bonds is 5. The van der Waals surface area contributed by atoms with E-state index in [9.17, 15) is 4.79 Å². The number of amides is 1. The SMILES string of the molecule is Cc1cc2sc(C(=O)NCCOC(C)C)c(N)c2c(C)n1. The highest BCUT2D eigenvalue weighted by Gasteiger charge is 2.18. The van der Waals surface area contributed by atoms with Crippen molar-refractivity contribution in [2.24, 2.45) is 0 Å². The van der Waals surface area contributed by atoms with E-state index in [0.717, 1.165) is 21.5 Å². The highest BCUT2D eigenvalue weighted by molar-refractivity contribution is 7.21. The minimum absolute atomic E-state index is 0.155. The normalized spacial score (nSPS) is 11.3. The van der Waals surface area contributed by atoms with E-state index in [1.165, 1.54) is 11.3 Å². The van der Waals surface area contributed by atoms with Crippen molar-refractivity contribution in [3.8, 4) is 0 Å². The maximum atomic E-state index is 12.2. The Morgan fingerprint density at radius 3 is 2.86 bits per heavy atom. The molecule has 0 saturated carbocycles. The molecule has 0 aromatic carbocycles. The predicted octanol–water partition coefficient (Wildman–Crippen LogP) is 2.65. The van der Waals surface area contributed by atoms with Gasteiger partial charge in [0, 0.05) is 28.0 Å². The molecule has 0 radical (unpaired) electrons. The molecule has 0 aliphatic rings. The molecule has 2 aromatic rings. The van der Waals surface area contributed by atoms with Crippen LogP contribution in [0.25, 0.3) is 10.1 Å². The fourth-order valence-electron chi connectivity index (χ4n) is 2.19. The zero-order valence-electron chi connectivity index (χ0n) is 12.8. The van der Waals surface area contributed by atoms with Gasteiger partial charge < -0.3 is 15.8 Å². The molecule has 2 heterocycles. The molecule has 1 amide bonds. The van der Waals surface area contributed by atoms with Crippen LogP contribution in [-0.4, -0.2) is 30.1 Å². The molecule has 0 atom stereocenters. The smallest absolute Gasteiger partial charge is 0.263 e. The standard InChI is InChI=1S/C15H21N3O2S/c1-8(2)20-6-5-17-15(19)14-13(16)12-10(4)18-9(3)7-11(12)21-14/h7-8H,5-6,16H2,1-4H3,(H,17,19). The zero-order valence-corrected chi connectivity index (χ0v) is 13.6. The average molecular weight is 307 g/mol. The first-order chi connectivity index (χ1) is 9.90. The third kappa shape index (κ3) is 3.51. The number of hydrogen-bond acceptors (Lipinski definition) is 5. The summed E-state index contributed by atoms with van der Waals surface area (Å²) >= 11 is 1.41. The van der Waals surface area contributed by atoms with Gasteiger partial charge in [0.25, 0.3) is 5.91 Å². The van der Waals surface area contributed by atoms with Gasteiger partial charge in [0.15, 0.2) is 0 Å². The van der Waals surface area contributed by atoms with Crippen molar-refractivity contribution < 1.29 is 9.53 Å². The number of nitrogen functional groups attached to an aromatic ring is 1. The lowest BCUT2D eigenvalue weighted by Gasteiger charge is -2.08. The number of anilines is 1. The van der Waals surface area contributed by atoms with Gasteiger partial charge in [-0.05, 0) is 33.8 Å². The van der Waals surface area contributed by atoms with E-state index in [4.69, 9.17) is 10.5 Å². The number of nitrogens with two attached hydrogens (primary N) is 1. The van der Waals surface area contributed by atoms with Gasteiger partial charge in [0.2, 0.25) is 0 Å². The number of carbonyl (C=O) groups is 1. The number of ether oxygens (including phenoxy) is 1. The summed E-state index contributed by atoms with van der Waals surface area (Å²) in [5.74, 6) is -0.155. The first-order valence-electron chi connectivity index (χ1n) is 6.96. The van der Waals surface area contributed by atoms with Gasteiger partial charge in [0.1, 0.15) is 4.88 Å². The summed E-state index contributed by atoms with van der Waals surface area (Å²) in [4.78, 5) is 17.2. The number of thiophene rings is 1. The first-order valence-corrected chi connectivity index (χ1v) is 7.77. The van der Waals surface area contributed by atoms with Crippen molar-refractivity contribution >= 4 is 33.0 Å². The van der Waals surface area contributed by atoms with Gasteiger partial charge in [0.05, 0.1) is 18.4 Å². The van der Waals surface area contributed by atoms with E-state index in [2.05, 4.69) is 10.3 Å². The predicted molar refractivity (Wildman–Crippen MR) is 86.9 cm³/mol. The Morgan fingerprint density at radius 1 is 1.48 bits per heavy atom. The minimum atomic E-state index is -0.155. The fourth-order valence-corrected chi connectivity index (χ4v) is 3.37. The van der Waals surface area contributed by atoms with Crippen LogP contribution in [0.5, 0.6) is 0 Å². The van der Waals surface area contributed by atoms with E-state index in [0.29, 0.717) is 23.7 Å². The third-order valence-corrected chi connectivity index (χ3v) is 4.21. The lowest BCUT2D eigenvalue weighted by atomic mass is 10.2. The minimum Gasteiger partial charge on any atom is -0.397 e. The molecule has 6 heteroatoms. The monoisotopic (exact) mass is 307 g/mol. The van der Waals surface area contributed by atoms with Crippen LogP contribution in [0.3, 0.4) is 0 Å². The largest absolute Gasteiger partial charge is 0.397 e. The quantitative estimate of drug-likeness (QED) is 0.833. The van der Waals surface area contributed by atoms with Crippen molar-refractivity contribution in [3.05, 3.63) is 22.3 Å². The van der Waals surface area contributed by atoms with Crippen molar-refractivity contribution in [2.45, 2.75) is 33.8 Å². The number of fused-ring (bicyclic) bond motifs is 1. The summed E-state index contributed by atoms with van der Waals surface area (Å²) in [6.45, 7) is 8.74. The maximum absolute atomic E-state index is 12.2. The Balaban J connectivity index is 2.16. The fraction of sp³-hybridized carbons (Fsp3) is 0.467. The van der Waals surface area contributed by atoms with Crippen LogP contribution in [0, 0.1) is 13.8 Å². The van der Waals surface area contributed by atoms with Gasteiger partial charge in [-0.15, -0.1) is 11.3 Å². The van der Waals surface area contributed by atoms with E-state index in [1.807, 2.05) is 33.8 Å². The Morgan fingerprint density at radius 2 is 2.19 bits per heavy atom. The molecule has 0 aliphatic heterocycles. The number of nitrogens with zero attached hydrogens (tertiary/aromatic N) is 1. The molecule has 3 N–H and O–H groups in total. The number of aromatic nitrogens is 1. The number of nitrogens with one attached hydrogen (secondary N) is 1. The Hall–Kier alpha value is -1.66. The molecule has 0 bridgehead atoms. The van der Waals surface area contributed by atoms with Crippen LogP contribution in [0.15, 0.2) is 6.07 Å². The van der Waals surface area contributed by atoms with Gasteiger partial charge in [-0.25, -0.2) is 0 Å². The van der Waals surface area contributed by atoms with E-state index in [1.54, 1.807) is 0 Å². The Bertz CT molecular complexity index is 664. The van der Waals surface area contributed by atoms with Crippen molar-refractivity contribution in [1.82, 2.24) is 10.3 Å². The molecule has 0 saturated heterocycles. The van der Waals surface area contributed by atoms with E-state index < -0.39 is 0 Å². The van der Waals surface area contributed by atoms with Crippen LogP contribution < -0.4 is 11.1 Å². The highest BCUT2D eigenvalue weighted by Crippen LogP contribution is 2.35. The third-order valence-electron chi connectivity index (χ3n) is 3.06. The number of hydrogen-bond donors (Lipinski definition) is 2. The molecule has 21 heavy (non-hydrogen) atoms. The lowest BCUT2D eigenvalue weighted by Crippen LogP contribution is -2.27. The average Bonchev–Trinajstić information content (AvgIpc) is 2.71. The number of aryl methyl sites for hydroxylation is 2. The second-order valence-electron chi connectivity index (χ2n) is 5.24. The van der Waals surface area contributed by atoms with Crippen LogP contribution >= 0.6 is 11.3 Å². The molecule has 2 rings (SSSR count). The summed E-state index contributed by atoms with van der Waals surface area (Å²) in [7, 11) is 0. The number of carbonyl (C=O) groups excluding carboxylic acids is 1. The van der Waals surface area contributed by atoms with Crippen LogP contribution in [0.4, 0.5) is 5.69 Å². The molecule has 0 unspecified atom stereocenters. The van der Waals surface area contributed by atoms with E-state index >= 15 is 0 Å². The molecule has 0 spiro atoms. The topological polar surface area (TPSA) is 77.2 Å².